The third-order valence-corrected chi connectivity index (χ3v) is 4.23. The van der Waals surface area contributed by atoms with E-state index in [0.717, 1.165) is 22.4 Å². The van der Waals surface area contributed by atoms with Crippen molar-refractivity contribution in [3.05, 3.63) is 41.2 Å². The van der Waals surface area contributed by atoms with Gasteiger partial charge in [-0.25, -0.2) is 4.98 Å². The summed E-state index contributed by atoms with van der Waals surface area (Å²) in [7, 11) is 0. The van der Waals surface area contributed by atoms with Crippen molar-refractivity contribution in [1.29, 1.82) is 0 Å². The van der Waals surface area contributed by atoms with Crippen LogP contribution >= 0.6 is 24.0 Å². The number of rotatable bonds is 5. The zero-order valence-electron chi connectivity index (χ0n) is 12.4. The molecule has 1 fully saturated rings. The summed E-state index contributed by atoms with van der Waals surface area (Å²) in [6.45, 7) is 1.04. The number of oxime groups is 1. The smallest absolute Gasteiger partial charge is 0.280 e. The minimum atomic E-state index is -0.532. The molecule has 2 aromatic rings. The Balaban J connectivity index is 1.81. The number of carbonyl (C=O) groups excluding carboxylic acids is 1. The number of amides is 1. The standard InChI is InChI=1S/C15H14FN3O3S2/c16-12-7-17-15(24-12)18-14(20)13(9-1-3-11(23)4-2-9)19-22-10-5-6-21-8-10/h1-4,7,10,23H,5-6,8H2,(H,17,18,20)/b19-13+/t10-/m1/s1. The first-order valence-corrected chi connectivity index (χ1v) is 8.42. The summed E-state index contributed by atoms with van der Waals surface area (Å²) in [5.74, 6) is -0.532. The van der Waals surface area contributed by atoms with Crippen LogP contribution in [0.15, 0.2) is 40.5 Å². The molecule has 0 unspecified atom stereocenters. The van der Waals surface area contributed by atoms with Gasteiger partial charge in [0.25, 0.3) is 5.91 Å². The van der Waals surface area contributed by atoms with E-state index < -0.39 is 11.0 Å². The van der Waals surface area contributed by atoms with E-state index in [1.54, 1.807) is 24.3 Å². The van der Waals surface area contributed by atoms with Gasteiger partial charge in [-0.05, 0) is 12.1 Å². The van der Waals surface area contributed by atoms with Gasteiger partial charge in [-0.1, -0.05) is 28.6 Å². The molecule has 1 N–H and O–H groups in total. The normalized spacial score (nSPS) is 17.8. The fourth-order valence-electron chi connectivity index (χ4n) is 2.04. The van der Waals surface area contributed by atoms with Crippen LogP contribution in [0.25, 0.3) is 0 Å². The lowest BCUT2D eigenvalue weighted by molar-refractivity contribution is -0.110. The van der Waals surface area contributed by atoms with Crippen molar-refractivity contribution in [2.24, 2.45) is 5.16 Å². The molecule has 24 heavy (non-hydrogen) atoms. The number of halogens is 1. The van der Waals surface area contributed by atoms with Crippen LogP contribution in [0.2, 0.25) is 0 Å². The number of thiol groups is 1. The Morgan fingerprint density at radius 3 is 2.88 bits per heavy atom. The van der Waals surface area contributed by atoms with Crippen molar-refractivity contribution >= 4 is 40.7 Å². The van der Waals surface area contributed by atoms with Gasteiger partial charge >= 0.3 is 0 Å². The summed E-state index contributed by atoms with van der Waals surface area (Å²) in [5, 5.41) is 6.18. The largest absolute Gasteiger partial charge is 0.389 e. The zero-order valence-corrected chi connectivity index (χ0v) is 14.1. The Morgan fingerprint density at radius 1 is 1.46 bits per heavy atom. The fourth-order valence-corrected chi connectivity index (χ4v) is 2.72. The molecule has 1 aliphatic heterocycles. The lowest BCUT2D eigenvalue weighted by Crippen LogP contribution is -2.25. The molecule has 9 heteroatoms. The summed E-state index contributed by atoms with van der Waals surface area (Å²) in [6.07, 6.45) is 1.57. The van der Waals surface area contributed by atoms with Crippen molar-refractivity contribution in [3.8, 4) is 0 Å². The molecule has 6 nitrogen and oxygen atoms in total. The average molecular weight is 367 g/mol. The third kappa shape index (κ3) is 4.31. The van der Waals surface area contributed by atoms with E-state index in [4.69, 9.17) is 9.57 Å². The molecule has 0 saturated carbocycles. The molecule has 0 radical (unpaired) electrons. The SMILES string of the molecule is O=C(Nc1ncc(F)s1)/C(=N/O[C@@H]1CCOC1)c1ccc(S)cc1. The second-order valence-electron chi connectivity index (χ2n) is 5.00. The quantitative estimate of drug-likeness (QED) is 0.484. The van der Waals surface area contributed by atoms with Gasteiger partial charge in [-0.3, -0.25) is 10.1 Å². The van der Waals surface area contributed by atoms with Crippen molar-refractivity contribution in [1.82, 2.24) is 4.98 Å². The highest BCUT2D eigenvalue weighted by Crippen LogP contribution is 2.17. The van der Waals surface area contributed by atoms with Gasteiger partial charge in [0.05, 0.1) is 19.4 Å². The molecule has 1 aliphatic rings. The highest BCUT2D eigenvalue weighted by atomic mass is 32.1. The molecule has 0 bridgehead atoms. The summed E-state index contributed by atoms with van der Waals surface area (Å²) < 4.78 is 18.2. The summed E-state index contributed by atoms with van der Waals surface area (Å²) in [6, 6.07) is 6.89. The van der Waals surface area contributed by atoms with E-state index in [-0.39, 0.29) is 16.9 Å². The maximum absolute atomic E-state index is 13.0. The predicted octanol–water partition coefficient (Wildman–Crippen LogP) is 2.72. The van der Waals surface area contributed by atoms with E-state index in [9.17, 15) is 9.18 Å². The van der Waals surface area contributed by atoms with Crippen LogP contribution in [0.3, 0.4) is 0 Å². The van der Waals surface area contributed by atoms with Crippen LogP contribution in [0.4, 0.5) is 9.52 Å². The van der Waals surface area contributed by atoms with Gasteiger partial charge < -0.3 is 9.57 Å². The van der Waals surface area contributed by atoms with Gasteiger partial charge in [0, 0.05) is 16.9 Å². The van der Waals surface area contributed by atoms with Gasteiger partial charge in [0.1, 0.15) is 0 Å². The molecule has 1 amide bonds. The van der Waals surface area contributed by atoms with Gasteiger partial charge in [0.15, 0.2) is 22.1 Å². The van der Waals surface area contributed by atoms with Crippen LogP contribution in [0.1, 0.15) is 12.0 Å². The Labute approximate surface area is 147 Å². The molecule has 1 atom stereocenters. The third-order valence-electron chi connectivity index (χ3n) is 3.23. The van der Waals surface area contributed by atoms with Crippen LogP contribution in [0, 0.1) is 5.13 Å². The van der Waals surface area contributed by atoms with Crippen LogP contribution in [0.5, 0.6) is 0 Å². The maximum Gasteiger partial charge on any atom is 0.280 e. The predicted molar refractivity (Wildman–Crippen MR) is 91.2 cm³/mol. The Hall–Kier alpha value is -1.97. The first kappa shape index (κ1) is 16.9. The first-order chi connectivity index (χ1) is 11.6. The zero-order chi connectivity index (χ0) is 16.9. The number of hydrogen-bond donors (Lipinski definition) is 2. The van der Waals surface area contributed by atoms with E-state index in [2.05, 4.69) is 28.1 Å². The van der Waals surface area contributed by atoms with Gasteiger partial charge in [-0.15, -0.1) is 12.6 Å². The van der Waals surface area contributed by atoms with E-state index >= 15 is 0 Å². The molecular weight excluding hydrogens is 353 g/mol. The van der Waals surface area contributed by atoms with Crippen molar-refractivity contribution in [3.63, 3.8) is 0 Å². The second kappa shape index (κ2) is 7.73. The monoisotopic (exact) mass is 367 g/mol. The Morgan fingerprint density at radius 2 is 2.25 bits per heavy atom. The highest BCUT2D eigenvalue weighted by Gasteiger charge is 2.21. The van der Waals surface area contributed by atoms with E-state index in [1.165, 1.54) is 0 Å². The number of anilines is 1. The van der Waals surface area contributed by atoms with Gasteiger partial charge in [-0.2, -0.15) is 4.39 Å². The number of aromatic nitrogens is 1. The molecule has 2 heterocycles. The number of ether oxygens (including phenoxy) is 1. The summed E-state index contributed by atoms with van der Waals surface area (Å²) >= 11 is 4.96. The Bertz CT molecular complexity index is 743. The highest BCUT2D eigenvalue weighted by molar-refractivity contribution is 7.80. The Kier molecular flexibility index (Phi) is 5.44. The van der Waals surface area contributed by atoms with Crippen molar-refractivity contribution in [2.75, 3.05) is 18.5 Å². The number of nitrogens with zero attached hydrogens (tertiary/aromatic N) is 2. The lowest BCUT2D eigenvalue weighted by Gasteiger charge is -2.09. The van der Waals surface area contributed by atoms with E-state index in [0.29, 0.717) is 25.2 Å². The number of nitrogens with one attached hydrogen (secondary N) is 1. The van der Waals surface area contributed by atoms with Crippen LogP contribution < -0.4 is 5.32 Å². The van der Waals surface area contributed by atoms with Crippen molar-refractivity contribution < 1.29 is 18.8 Å². The topological polar surface area (TPSA) is 72.8 Å². The molecular formula is C15H14FN3O3S2. The minimum absolute atomic E-state index is 0.0749. The molecule has 0 spiro atoms. The average Bonchev–Trinajstić information content (AvgIpc) is 3.21. The molecule has 126 valence electrons. The maximum atomic E-state index is 13.0. The number of carbonyl (C=O) groups is 1. The van der Waals surface area contributed by atoms with Gasteiger partial charge in [0.2, 0.25) is 0 Å². The first-order valence-electron chi connectivity index (χ1n) is 7.15. The van der Waals surface area contributed by atoms with E-state index in [1.807, 2.05) is 0 Å². The van der Waals surface area contributed by atoms with Crippen molar-refractivity contribution in [2.45, 2.75) is 17.4 Å². The number of thiazole rings is 1. The van der Waals surface area contributed by atoms with Crippen LogP contribution in [-0.2, 0) is 14.4 Å². The minimum Gasteiger partial charge on any atom is -0.389 e. The molecule has 1 aromatic heterocycles. The lowest BCUT2D eigenvalue weighted by atomic mass is 10.1. The van der Waals surface area contributed by atoms with Crippen LogP contribution in [-0.4, -0.2) is 35.9 Å². The fraction of sp³-hybridized carbons (Fsp3) is 0.267. The summed E-state index contributed by atoms with van der Waals surface area (Å²) in [5.41, 5.74) is 0.632. The molecule has 1 saturated heterocycles. The summed E-state index contributed by atoms with van der Waals surface area (Å²) in [4.78, 5) is 22.4. The molecule has 3 rings (SSSR count). The number of benzene rings is 1. The second-order valence-corrected chi connectivity index (χ2v) is 6.50. The molecule has 1 aromatic carbocycles. The number of hydrogen-bond acceptors (Lipinski definition) is 7. The molecule has 0 aliphatic carbocycles.